The first-order chi connectivity index (χ1) is 12.2. The lowest BCUT2D eigenvalue weighted by Crippen LogP contribution is -2.36. The number of nitrogens with zero attached hydrogens (tertiary/aromatic N) is 1. The summed E-state index contributed by atoms with van der Waals surface area (Å²) in [6.45, 7) is 4.55. The van der Waals surface area contributed by atoms with Gasteiger partial charge in [0.1, 0.15) is 12.4 Å². The van der Waals surface area contributed by atoms with Gasteiger partial charge in [0.05, 0.1) is 0 Å². The molecule has 0 bridgehead atoms. The van der Waals surface area contributed by atoms with Gasteiger partial charge in [-0.15, -0.1) is 0 Å². The van der Waals surface area contributed by atoms with E-state index in [2.05, 4.69) is 6.92 Å². The molecular formula is C22H25NO2. The Balaban J connectivity index is 1.51. The van der Waals surface area contributed by atoms with E-state index in [9.17, 15) is 4.79 Å². The second-order valence-electron chi connectivity index (χ2n) is 6.68. The van der Waals surface area contributed by atoms with Gasteiger partial charge in [0, 0.05) is 19.2 Å². The molecule has 3 rings (SSSR count). The molecule has 3 heteroatoms. The number of rotatable bonds is 5. The number of hydrogen-bond acceptors (Lipinski definition) is 2. The lowest BCUT2D eigenvalue weighted by atomic mass is 9.99. The van der Waals surface area contributed by atoms with E-state index in [0.717, 1.165) is 48.7 Å². The summed E-state index contributed by atoms with van der Waals surface area (Å²) >= 11 is 0. The summed E-state index contributed by atoms with van der Waals surface area (Å²) in [5.74, 6) is 1.67. The van der Waals surface area contributed by atoms with Gasteiger partial charge >= 0.3 is 0 Å². The van der Waals surface area contributed by atoms with E-state index in [4.69, 9.17) is 4.74 Å². The Morgan fingerprint density at radius 3 is 2.44 bits per heavy atom. The van der Waals surface area contributed by atoms with Gasteiger partial charge in [-0.2, -0.15) is 0 Å². The van der Waals surface area contributed by atoms with Gasteiger partial charge < -0.3 is 9.64 Å². The van der Waals surface area contributed by atoms with Crippen LogP contribution in [-0.4, -0.2) is 23.9 Å². The van der Waals surface area contributed by atoms with Gasteiger partial charge in [0.2, 0.25) is 5.91 Å². The van der Waals surface area contributed by atoms with Crippen LogP contribution in [0.25, 0.3) is 6.08 Å². The second kappa shape index (κ2) is 8.52. The van der Waals surface area contributed by atoms with Crippen LogP contribution in [0.1, 0.15) is 30.9 Å². The summed E-state index contributed by atoms with van der Waals surface area (Å²) in [5.41, 5.74) is 2.15. The highest BCUT2D eigenvalue weighted by Gasteiger charge is 2.18. The van der Waals surface area contributed by atoms with E-state index < -0.39 is 0 Å². The molecule has 1 saturated heterocycles. The van der Waals surface area contributed by atoms with Crippen molar-refractivity contribution in [1.29, 1.82) is 0 Å². The van der Waals surface area contributed by atoms with Crippen molar-refractivity contribution in [3.63, 3.8) is 0 Å². The second-order valence-corrected chi connectivity index (χ2v) is 6.68. The van der Waals surface area contributed by atoms with Crippen LogP contribution in [0.2, 0.25) is 0 Å². The van der Waals surface area contributed by atoms with Gasteiger partial charge in [0.25, 0.3) is 0 Å². The van der Waals surface area contributed by atoms with Crippen LogP contribution in [0.4, 0.5) is 0 Å². The van der Waals surface area contributed by atoms with Crippen LogP contribution in [-0.2, 0) is 11.4 Å². The van der Waals surface area contributed by atoms with Crippen LogP contribution >= 0.6 is 0 Å². The molecule has 0 unspecified atom stereocenters. The zero-order valence-corrected chi connectivity index (χ0v) is 14.7. The van der Waals surface area contributed by atoms with Crippen LogP contribution in [0.3, 0.4) is 0 Å². The maximum atomic E-state index is 12.2. The zero-order valence-electron chi connectivity index (χ0n) is 14.7. The van der Waals surface area contributed by atoms with Crippen LogP contribution in [0.15, 0.2) is 60.7 Å². The third kappa shape index (κ3) is 5.21. The highest BCUT2D eigenvalue weighted by atomic mass is 16.5. The van der Waals surface area contributed by atoms with E-state index in [-0.39, 0.29) is 5.91 Å². The minimum absolute atomic E-state index is 0.108. The normalized spacial score (nSPS) is 15.5. The summed E-state index contributed by atoms with van der Waals surface area (Å²) < 4.78 is 5.78. The molecule has 0 saturated carbocycles. The number of carbonyl (C=O) groups is 1. The molecule has 130 valence electrons. The molecule has 0 radical (unpaired) electrons. The summed E-state index contributed by atoms with van der Waals surface area (Å²) in [6.07, 6.45) is 5.76. The van der Waals surface area contributed by atoms with E-state index in [1.807, 2.05) is 65.6 Å². The summed E-state index contributed by atoms with van der Waals surface area (Å²) in [4.78, 5) is 14.2. The molecule has 1 heterocycles. The fourth-order valence-corrected chi connectivity index (χ4v) is 2.92. The van der Waals surface area contributed by atoms with Crippen LogP contribution in [0.5, 0.6) is 5.75 Å². The predicted molar refractivity (Wildman–Crippen MR) is 101 cm³/mol. The summed E-state index contributed by atoms with van der Waals surface area (Å²) in [6, 6.07) is 17.9. The van der Waals surface area contributed by atoms with Crippen molar-refractivity contribution >= 4 is 12.0 Å². The molecular weight excluding hydrogens is 310 g/mol. The van der Waals surface area contributed by atoms with Crippen molar-refractivity contribution < 1.29 is 9.53 Å². The fraction of sp³-hybridized carbons (Fsp3) is 0.318. The Morgan fingerprint density at radius 1 is 1.08 bits per heavy atom. The Bertz CT molecular complexity index is 699. The minimum atomic E-state index is 0.108. The number of amides is 1. The molecule has 2 aromatic rings. The number of carbonyl (C=O) groups excluding carboxylic acids is 1. The third-order valence-corrected chi connectivity index (χ3v) is 4.64. The molecule has 1 fully saturated rings. The van der Waals surface area contributed by atoms with Gasteiger partial charge in [-0.05, 0) is 48.1 Å². The summed E-state index contributed by atoms with van der Waals surface area (Å²) in [7, 11) is 0. The Labute approximate surface area is 149 Å². The Kier molecular flexibility index (Phi) is 5.89. The van der Waals surface area contributed by atoms with Crippen molar-refractivity contribution in [3.05, 3.63) is 71.8 Å². The number of hydrogen-bond donors (Lipinski definition) is 0. The topological polar surface area (TPSA) is 29.5 Å². The molecule has 0 aliphatic carbocycles. The first kappa shape index (κ1) is 17.3. The minimum Gasteiger partial charge on any atom is -0.489 e. The number of ether oxygens (including phenoxy) is 1. The smallest absolute Gasteiger partial charge is 0.246 e. The SMILES string of the molecule is CC1CCN(C(=O)C=Cc2ccc(OCc3ccccc3)cc2)CC1. The number of likely N-dealkylation sites (tertiary alicyclic amines) is 1. The average molecular weight is 335 g/mol. The van der Waals surface area contributed by atoms with E-state index >= 15 is 0 Å². The lowest BCUT2D eigenvalue weighted by molar-refractivity contribution is -0.127. The highest BCUT2D eigenvalue weighted by Crippen LogP contribution is 2.17. The van der Waals surface area contributed by atoms with Crippen molar-refractivity contribution in [1.82, 2.24) is 4.90 Å². The molecule has 0 N–H and O–H groups in total. The standard InChI is InChI=1S/C22H25NO2/c1-18-13-15-23(16-14-18)22(24)12-9-19-7-10-21(11-8-19)25-17-20-5-3-2-4-6-20/h2-12,18H,13-17H2,1H3. The molecule has 25 heavy (non-hydrogen) atoms. The number of piperidine rings is 1. The van der Waals surface area contributed by atoms with Crippen LogP contribution in [0, 0.1) is 5.92 Å². The first-order valence-electron chi connectivity index (χ1n) is 8.94. The average Bonchev–Trinajstić information content (AvgIpc) is 2.67. The lowest BCUT2D eigenvalue weighted by Gasteiger charge is -2.29. The van der Waals surface area contributed by atoms with Crippen molar-refractivity contribution in [2.24, 2.45) is 5.92 Å². The van der Waals surface area contributed by atoms with Crippen LogP contribution < -0.4 is 4.74 Å². The van der Waals surface area contributed by atoms with Crippen molar-refractivity contribution in [2.45, 2.75) is 26.4 Å². The predicted octanol–water partition coefficient (Wildman–Crippen LogP) is 4.54. The van der Waals surface area contributed by atoms with Crippen molar-refractivity contribution in [2.75, 3.05) is 13.1 Å². The fourth-order valence-electron chi connectivity index (χ4n) is 2.92. The number of benzene rings is 2. The highest BCUT2D eigenvalue weighted by molar-refractivity contribution is 5.91. The van der Waals surface area contributed by atoms with Crippen molar-refractivity contribution in [3.8, 4) is 5.75 Å². The molecule has 0 aromatic heterocycles. The monoisotopic (exact) mass is 335 g/mol. The molecule has 3 nitrogen and oxygen atoms in total. The van der Waals surface area contributed by atoms with Gasteiger partial charge in [-0.1, -0.05) is 49.4 Å². The molecule has 0 atom stereocenters. The molecule has 1 aliphatic heterocycles. The maximum Gasteiger partial charge on any atom is 0.246 e. The molecule has 1 amide bonds. The van der Waals surface area contributed by atoms with Gasteiger partial charge in [-0.25, -0.2) is 0 Å². The summed E-state index contributed by atoms with van der Waals surface area (Å²) in [5, 5.41) is 0. The largest absolute Gasteiger partial charge is 0.489 e. The quantitative estimate of drug-likeness (QED) is 0.751. The van der Waals surface area contributed by atoms with E-state index in [1.54, 1.807) is 6.08 Å². The molecule has 1 aliphatic rings. The third-order valence-electron chi connectivity index (χ3n) is 4.64. The molecule has 2 aromatic carbocycles. The Morgan fingerprint density at radius 2 is 1.76 bits per heavy atom. The van der Waals surface area contributed by atoms with Gasteiger partial charge in [-0.3, -0.25) is 4.79 Å². The zero-order chi connectivity index (χ0) is 17.5. The van der Waals surface area contributed by atoms with Gasteiger partial charge in [0.15, 0.2) is 0 Å². The molecule has 0 spiro atoms. The Hall–Kier alpha value is -2.55. The van der Waals surface area contributed by atoms with E-state index in [1.165, 1.54) is 0 Å². The first-order valence-corrected chi connectivity index (χ1v) is 8.94. The van der Waals surface area contributed by atoms with E-state index in [0.29, 0.717) is 6.61 Å². The maximum absolute atomic E-state index is 12.2.